The summed E-state index contributed by atoms with van der Waals surface area (Å²) in [5.41, 5.74) is 10.5. The minimum absolute atomic E-state index is 0.122. The Hall–Kier alpha value is -1.20. The van der Waals surface area contributed by atoms with Crippen LogP contribution in [0.3, 0.4) is 0 Å². The van der Waals surface area contributed by atoms with Crippen molar-refractivity contribution in [3.8, 4) is 0 Å². The van der Waals surface area contributed by atoms with Crippen LogP contribution >= 0.6 is 15.2 Å². The Morgan fingerprint density at radius 2 is 1.64 bits per heavy atom. The van der Waals surface area contributed by atoms with E-state index in [1.807, 2.05) is 0 Å². The highest BCUT2D eigenvalue weighted by molar-refractivity contribution is 7.52. The number of hydrogen-bond acceptors (Lipinski definition) is 6. The Morgan fingerprint density at radius 1 is 1.18 bits per heavy atom. The smallest absolute Gasteiger partial charge is 0.344 e. The monoisotopic (exact) mass is 364 g/mol. The highest BCUT2D eigenvalue weighted by atomic mass is 31.2. The molecule has 0 rings (SSSR count). The normalized spacial score (nSPS) is 14.5. The Morgan fingerprint density at radius 3 is 2.00 bits per heavy atom. The highest BCUT2D eigenvalue weighted by Gasteiger charge is 2.27. The lowest BCUT2D eigenvalue weighted by atomic mass is 10.2. The van der Waals surface area contributed by atoms with Crippen LogP contribution in [-0.2, 0) is 18.8 Å². The van der Waals surface area contributed by atoms with E-state index >= 15 is 0 Å². The van der Waals surface area contributed by atoms with Gasteiger partial charge < -0.3 is 45.9 Å². The van der Waals surface area contributed by atoms with Gasteiger partial charge >= 0.3 is 21.2 Å². The van der Waals surface area contributed by atoms with Gasteiger partial charge in [-0.15, -0.1) is 0 Å². The summed E-state index contributed by atoms with van der Waals surface area (Å²) in [7, 11) is -9.32. The number of hydrogen-bond donors (Lipinski definition) is 7. The van der Waals surface area contributed by atoms with Gasteiger partial charge in [0.2, 0.25) is 5.96 Å². The Balaban J connectivity index is 4.70. The third-order valence-electron chi connectivity index (χ3n) is 2.03. The molecule has 0 saturated carbocycles. The molecule has 0 spiro atoms. The predicted molar refractivity (Wildman–Crippen MR) is 73.5 cm³/mol. The molecule has 0 amide bonds. The van der Waals surface area contributed by atoms with Crippen LogP contribution in [0.1, 0.15) is 6.42 Å². The minimum atomic E-state index is -4.66. The van der Waals surface area contributed by atoms with Crippen LogP contribution in [0, 0.1) is 0 Å². The number of aliphatic carboxylic acids is 1. The first-order chi connectivity index (χ1) is 9.82. The fourth-order valence-corrected chi connectivity index (χ4v) is 2.64. The van der Waals surface area contributed by atoms with E-state index in [2.05, 4.69) is 9.99 Å². The molecule has 0 radical (unpaired) electrons. The van der Waals surface area contributed by atoms with Gasteiger partial charge in [-0.3, -0.25) is 13.9 Å². The van der Waals surface area contributed by atoms with Crippen molar-refractivity contribution in [2.75, 3.05) is 19.2 Å². The summed E-state index contributed by atoms with van der Waals surface area (Å²) in [6.07, 6.45) is -2.28. The molecule has 15 heteroatoms. The second kappa shape index (κ2) is 8.44. The Bertz CT molecular complexity index is 476. The van der Waals surface area contributed by atoms with E-state index in [1.165, 1.54) is 0 Å². The number of guanidine groups is 1. The van der Waals surface area contributed by atoms with Gasteiger partial charge in [-0.05, 0) is 5.16 Å². The van der Waals surface area contributed by atoms with Gasteiger partial charge in [0.15, 0.2) is 0 Å². The number of rotatable bonds is 9. The summed E-state index contributed by atoms with van der Waals surface area (Å²) < 4.78 is 21.8. The number of carbonyl (C=O) groups is 1. The molecule has 0 aromatic carbocycles. The Kier molecular flexibility index (Phi) is 7.98. The average Bonchev–Trinajstić information content (AvgIpc) is 2.29. The van der Waals surface area contributed by atoms with Gasteiger partial charge in [-0.2, -0.15) is 0 Å². The molecule has 13 nitrogen and oxygen atoms in total. The third kappa shape index (κ3) is 10.5. The van der Waals surface area contributed by atoms with E-state index in [-0.39, 0.29) is 13.0 Å². The van der Waals surface area contributed by atoms with Crippen LogP contribution in [0.2, 0.25) is 0 Å². The van der Waals surface area contributed by atoms with Crippen molar-refractivity contribution >= 4 is 27.1 Å². The summed E-state index contributed by atoms with van der Waals surface area (Å²) in [4.78, 5) is 50.8. The second-order valence-corrected chi connectivity index (χ2v) is 7.39. The Labute approximate surface area is 124 Å². The van der Waals surface area contributed by atoms with Gasteiger partial charge in [0.05, 0.1) is 0 Å². The maximum Gasteiger partial charge on any atom is 0.344 e. The molecule has 0 fully saturated rings. The first-order valence-corrected chi connectivity index (χ1v) is 9.19. The lowest BCUT2D eigenvalue weighted by molar-refractivity contribution is -0.139. The maximum atomic E-state index is 10.9. The van der Waals surface area contributed by atoms with Gasteiger partial charge in [0.25, 0.3) is 0 Å². The zero-order valence-corrected chi connectivity index (χ0v) is 13.0. The van der Waals surface area contributed by atoms with Gasteiger partial charge in [-0.25, -0.2) is 0 Å². The quantitative estimate of drug-likeness (QED) is 0.0746. The molecule has 1 atom stereocenters. The molecule has 0 aliphatic heterocycles. The van der Waals surface area contributed by atoms with Gasteiger partial charge in [0, 0.05) is 6.42 Å². The predicted octanol–water partition coefficient (Wildman–Crippen LogP) is -2.39. The molecule has 0 bridgehead atoms. The lowest BCUT2D eigenvalue weighted by Gasteiger charge is -2.23. The van der Waals surface area contributed by atoms with Crippen LogP contribution in [0.4, 0.5) is 0 Å². The molecular weight excluding hydrogens is 346 g/mol. The minimum Gasteiger partial charge on any atom is -0.480 e. The first kappa shape index (κ1) is 20.8. The first-order valence-electron chi connectivity index (χ1n) is 5.60. The highest BCUT2D eigenvalue weighted by Crippen LogP contribution is 2.40. The maximum absolute atomic E-state index is 10.9. The zero-order valence-electron chi connectivity index (χ0n) is 11.2. The molecule has 0 heterocycles. The molecule has 0 aromatic rings. The van der Waals surface area contributed by atoms with Crippen LogP contribution in [0.25, 0.3) is 0 Å². The van der Waals surface area contributed by atoms with Crippen molar-refractivity contribution < 1.29 is 43.4 Å². The topological polar surface area (TPSA) is 229 Å². The van der Waals surface area contributed by atoms with Crippen molar-refractivity contribution in [3.63, 3.8) is 0 Å². The summed E-state index contributed by atoms with van der Waals surface area (Å²) in [5, 5.41) is 11.7. The molecule has 9 N–H and O–H groups in total. The van der Waals surface area contributed by atoms with E-state index in [1.54, 1.807) is 0 Å². The second-order valence-electron chi connectivity index (χ2n) is 4.17. The lowest BCUT2D eigenvalue weighted by Crippen LogP contribution is -2.39. The molecule has 130 valence electrons. The largest absolute Gasteiger partial charge is 0.480 e. The fourth-order valence-electron chi connectivity index (χ4n) is 1.11. The van der Waals surface area contributed by atoms with Gasteiger partial charge in [0.1, 0.15) is 25.2 Å². The van der Waals surface area contributed by atoms with Gasteiger partial charge in [-0.1, -0.05) is 0 Å². The van der Waals surface area contributed by atoms with Crippen molar-refractivity contribution in [2.24, 2.45) is 16.6 Å². The zero-order chi connectivity index (χ0) is 17.6. The van der Waals surface area contributed by atoms with E-state index in [0.29, 0.717) is 4.90 Å². The van der Waals surface area contributed by atoms with E-state index in [9.17, 15) is 13.9 Å². The average molecular weight is 364 g/mol. The van der Waals surface area contributed by atoms with E-state index in [4.69, 9.17) is 36.1 Å². The summed E-state index contributed by atoms with van der Waals surface area (Å²) in [6, 6.07) is -1.20. The van der Waals surface area contributed by atoms with Crippen molar-refractivity contribution in [3.05, 3.63) is 0 Å². The van der Waals surface area contributed by atoms with E-state index < -0.39 is 45.7 Å². The van der Waals surface area contributed by atoms with Crippen LogP contribution in [0.5, 0.6) is 0 Å². The van der Waals surface area contributed by atoms with Crippen LogP contribution in [0.15, 0.2) is 5.16 Å². The molecule has 0 aromatic heterocycles. The number of nitrogens with two attached hydrogens (primary N) is 2. The van der Waals surface area contributed by atoms with Crippen molar-refractivity contribution in [2.45, 2.75) is 12.5 Å². The molecule has 0 aliphatic rings. The summed E-state index contributed by atoms with van der Waals surface area (Å²) >= 11 is 0. The fraction of sp³-hybridized carbons (Fsp3) is 0.714. The third-order valence-corrected chi connectivity index (χ3v) is 3.45. The number of carboxylic acid groups (broad SMARTS) is 1. The van der Waals surface area contributed by atoms with Crippen molar-refractivity contribution in [1.82, 2.24) is 4.90 Å². The molecular formula is C7H18N4O9P2. The molecule has 0 saturated heterocycles. The number of oxime groups is 1. The van der Waals surface area contributed by atoms with Crippen LogP contribution < -0.4 is 11.5 Å². The number of nitrogens with zero attached hydrogens (tertiary/aromatic N) is 2. The molecule has 0 aliphatic carbocycles. The molecule has 1 unspecified atom stereocenters. The molecule has 22 heavy (non-hydrogen) atoms. The summed E-state index contributed by atoms with van der Waals surface area (Å²) in [6.45, 7) is -0.270. The van der Waals surface area contributed by atoms with E-state index in [0.717, 1.165) is 0 Å². The standard InChI is InChI=1S/C7H18N4O9P2/c8-5(6(12)13)1-2-20-10-7(9)11(3-21(14,15)16)4-22(17,18)19/h5H,1-4,8H2,(H2,9,10)(H,12,13)(H2,14,15,16)(H2,17,18,19). The summed E-state index contributed by atoms with van der Waals surface area (Å²) in [5.74, 6) is -1.94. The van der Waals surface area contributed by atoms with Crippen molar-refractivity contribution in [1.29, 1.82) is 0 Å². The number of carboxylic acids is 1. The SMILES string of the molecule is N/C(=N\OCCC(N)C(=O)O)N(CP(=O)(O)O)CP(=O)(O)O. The van der Waals surface area contributed by atoms with Crippen LogP contribution in [-0.4, -0.2) is 66.7 Å².